The van der Waals surface area contributed by atoms with E-state index in [1.165, 1.54) is 5.56 Å². The van der Waals surface area contributed by atoms with Crippen molar-refractivity contribution >= 4 is 17.3 Å². The molecule has 5 nitrogen and oxygen atoms in total. The molecule has 1 atom stereocenters. The SMILES string of the molecule is COc1cccc(CN(Cc2ccccc2)C(=S)NC[C@H]2CCCO2)c1OC. The zero-order chi connectivity index (χ0) is 19.8. The minimum Gasteiger partial charge on any atom is -0.493 e. The van der Waals surface area contributed by atoms with Gasteiger partial charge in [0, 0.05) is 31.8 Å². The third kappa shape index (κ3) is 5.36. The van der Waals surface area contributed by atoms with Gasteiger partial charge in [-0.3, -0.25) is 0 Å². The van der Waals surface area contributed by atoms with Gasteiger partial charge >= 0.3 is 0 Å². The van der Waals surface area contributed by atoms with Crippen molar-refractivity contribution in [2.24, 2.45) is 0 Å². The van der Waals surface area contributed by atoms with Gasteiger partial charge in [-0.05, 0) is 36.7 Å². The number of nitrogens with zero attached hydrogens (tertiary/aromatic N) is 1. The molecule has 0 radical (unpaired) electrons. The molecule has 6 heteroatoms. The second kappa shape index (κ2) is 10.3. The van der Waals surface area contributed by atoms with Gasteiger partial charge in [0.25, 0.3) is 0 Å². The number of hydrogen-bond acceptors (Lipinski definition) is 4. The summed E-state index contributed by atoms with van der Waals surface area (Å²) >= 11 is 5.74. The Bertz CT molecular complexity index is 764. The van der Waals surface area contributed by atoms with Gasteiger partial charge < -0.3 is 24.4 Å². The zero-order valence-corrected chi connectivity index (χ0v) is 17.3. The smallest absolute Gasteiger partial charge is 0.169 e. The summed E-state index contributed by atoms with van der Waals surface area (Å²) in [5.41, 5.74) is 2.23. The predicted octanol–water partition coefficient (Wildman–Crippen LogP) is 3.76. The summed E-state index contributed by atoms with van der Waals surface area (Å²) in [4.78, 5) is 2.15. The van der Waals surface area contributed by atoms with Gasteiger partial charge in [0.1, 0.15) is 0 Å². The molecule has 0 amide bonds. The lowest BCUT2D eigenvalue weighted by atomic mass is 10.1. The van der Waals surface area contributed by atoms with Crippen molar-refractivity contribution in [1.29, 1.82) is 0 Å². The Morgan fingerprint density at radius 3 is 2.61 bits per heavy atom. The molecule has 0 spiro atoms. The number of hydrogen-bond donors (Lipinski definition) is 1. The molecule has 1 saturated heterocycles. The fraction of sp³-hybridized carbons (Fsp3) is 0.409. The van der Waals surface area contributed by atoms with Crippen LogP contribution in [0.2, 0.25) is 0 Å². The van der Waals surface area contributed by atoms with Gasteiger partial charge in [-0.25, -0.2) is 0 Å². The average molecular weight is 401 g/mol. The molecule has 3 rings (SSSR count). The highest BCUT2D eigenvalue weighted by atomic mass is 32.1. The van der Waals surface area contributed by atoms with E-state index in [4.69, 9.17) is 26.4 Å². The van der Waals surface area contributed by atoms with Crippen LogP contribution in [0.5, 0.6) is 11.5 Å². The van der Waals surface area contributed by atoms with E-state index in [-0.39, 0.29) is 6.10 Å². The van der Waals surface area contributed by atoms with E-state index in [1.807, 2.05) is 36.4 Å². The summed E-state index contributed by atoms with van der Waals surface area (Å²) in [5, 5.41) is 4.10. The van der Waals surface area contributed by atoms with Crippen molar-refractivity contribution in [2.75, 3.05) is 27.4 Å². The Morgan fingerprint density at radius 1 is 1.11 bits per heavy atom. The average Bonchev–Trinajstić information content (AvgIpc) is 3.25. The first-order valence-electron chi connectivity index (χ1n) is 9.59. The lowest BCUT2D eigenvalue weighted by Gasteiger charge is -2.28. The topological polar surface area (TPSA) is 43.0 Å². The molecule has 1 aliphatic rings. The van der Waals surface area contributed by atoms with Gasteiger partial charge in [0.05, 0.1) is 20.3 Å². The van der Waals surface area contributed by atoms with Gasteiger partial charge in [-0.2, -0.15) is 0 Å². The molecule has 1 fully saturated rings. The monoisotopic (exact) mass is 400 g/mol. The van der Waals surface area contributed by atoms with Crippen molar-refractivity contribution in [3.05, 3.63) is 59.7 Å². The Morgan fingerprint density at radius 2 is 1.93 bits per heavy atom. The van der Waals surface area contributed by atoms with Crippen LogP contribution in [-0.2, 0) is 17.8 Å². The number of benzene rings is 2. The third-order valence-corrected chi connectivity index (χ3v) is 5.26. The van der Waals surface area contributed by atoms with Crippen LogP contribution >= 0.6 is 12.2 Å². The van der Waals surface area contributed by atoms with Crippen LogP contribution in [-0.4, -0.2) is 43.5 Å². The summed E-state index contributed by atoms with van der Waals surface area (Å²) in [6.45, 7) is 2.90. The van der Waals surface area contributed by atoms with Crippen LogP contribution in [0.1, 0.15) is 24.0 Å². The molecule has 1 aliphatic heterocycles. The largest absolute Gasteiger partial charge is 0.493 e. The van der Waals surface area contributed by atoms with Crippen LogP contribution in [0.25, 0.3) is 0 Å². The van der Waals surface area contributed by atoms with Crippen molar-refractivity contribution in [2.45, 2.75) is 32.0 Å². The van der Waals surface area contributed by atoms with E-state index in [0.717, 1.165) is 43.1 Å². The highest BCUT2D eigenvalue weighted by molar-refractivity contribution is 7.80. The van der Waals surface area contributed by atoms with Gasteiger partial charge in [0.15, 0.2) is 16.6 Å². The molecule has 0 aliphatic carbocycles. The first-order chi connectivity index (χ1) is 13.7. The third-order valence-electron chi connectivity index (χ3n) is 4.85. The Hall–Kier alpha value is -2.31. The predicted molar refractivity (Wildman–Crippen MR) is 115 cm³/mol. The van der Waals surface area contributed by atoms with Gasteiger partial charge in [0.2, 0.25) is 0 Å². The maximum Gasteiger partial charge on any atom is 0.169 e. The summed E-state index contributed by atoms with van der Waals surface area (Å²) in [6.07, 6.45) is 2.44. The minimum absolute atomic E-state index is 0.239. The molecular formula is C22H28N2O3S. The van der Waals surface area contributed by atoms with Gasteiger partial charge in [-0.1, -0.05) is 42.5 Å². The summed E-state index contributed by atoms with van der Waals surface area (Å²) < 4.78 is 16.8. The standard InChI is InChI=1S/C22H28N2O3S/c1-25-20-12-6-10-18(21(20)26-2)16-24(15-17-8-4-3-5-9-17)22(28)23-14-19-11-7-13-27-19/h3-6,8-10,12,19H,7,11,13-16H2,1-2H3,(H,23,28)/t19-/m1/s1. The number of para-hydroxylation sites is 1. The maximum absolute atomic E-state index is 5.74. The van der Waals surface area contributed by atoms with E-state index in [1.54, 1.807) is 14.2 Å². The number of ether oxygens (including phenoxy) is 3. The molecule has 2 aromatic carbocycles. The van der Waals surface area contributed by atoms with Crippen LogP contribution in [0, 0.1) is 0 Å². The van der Waals surface area contributed by atoms with Crippen molar-refractivity contribution < 1.29 is 14.2 Å². The fourth-order valence-corrected chi connectivity index (χ4v) is 3.62. The van der Waals surface area contributed by atoms with Crippen LogP contribution in [0.15, 0.2) is 48.5 Å². The lowest BCUT2D eigenvalue weighted by molar-refractivity contribution is 0.113. The fourth-order valence-electron chi connectivity index (χ4n) is 3.41. The molecule has 0 unspecified atom stereocenters. The molecule has 0 saturated carbocycles. The van der Waals surface area contributed by atoms with E-state index in [2.05, 4.69) is 22.3 Å². The number of rotatable bonds is 8. The zero-order valence-electron chi connectivity index (χ0n) is 16.5. The van der Waals surface area contributed by atoms with Crippen LogP contribution < -0.4 is 14.8 Å². The number of thiocarbonyl (C=S) groups is 1. The summed E-state index contributed by atoms with van der Waals surface area (Å²) in [7, 11) is 3.31. The lowest BCUT2D eigenvalue weighted by Crippen LogP contribution is -2.42. The van der Waals surface area contributed by atoms with Crippen molar-refractivity contribution in [1.82, 2.24) is 10.2 Å². The molecule has 0 bridgehead atoms. The first kappa shape index (κ1) is 20.4. The second-order valence-corrected chi connectivity index (χ2v) is 7.20. The summed E-state index contributed by atoms with van der Waals surface area (Å²) in [6, 6.07) is 16.2. The number of nitrogens with one attached hydrogen (secondary N) is 1. The van der Waals surface area contributed by atoms with Crippen LogP contribution in [0.4, 0.5) is 0 Å². The van der Waals surface area contributed by atoms with Crippen molar-refractivity contribution in [3.63, 3.8) is 0 Å². The molecular weight excluding hydrogens is 372 g/mol. The Kier molecular flexibility index (Phi) is 7.51. The molecule has 150 valence electrons. The van der Waals surface area contributed by atoms with E-state index in [0.29, 0.717) is 18.2 Å². The minimum atomic E-state index is 0.239. The highest BCUT2D eigenvalue weighted by Gasteiger charge is 2.19. The molecule has 1 N–H and O–H groups in total. The Labute approximate surface area is 172 Å². The van der Waals surface area contributed by atoms with Crippen molar-refractivity contribution in [3.8, 4) is 11.5 Å². The van der Waals surface area contributed by atoms with Crippen LogP contribution in [0.3, 0.4) is 0 Å². The van der Waals surface area contributed by atoms with Gasteiger partial charge in [-0.15, -0.1) is 0 Å². The molecule has 0 aromatic heterocycles. The Balaban J connectivity index is 1.76. The first-order valence-corrected chi connectivity index (χ1v) is 10.00. The number of methoxy groups -OCH3 is 2. The molecule has 2 aromatic rings. The molecule has 1 heterocycles. The maximum atomic E-state index is 5.74. The summed E-state index contributed by atoms with van der Waals surface area (Å²) in [5.74, 6) is 1.46. The normalized spacial score (nSPS) is 15.9. The van der Waals surface area contributed by atoms with E-state index >= 15 is 0 Å². The molecule has 28 heavy (non-hydrogen) atoms. The highest BCUT2D eigenvalue weighted by Crippen LogP contribution is 2.31. The van der Waals surface area contributed by atoms with E-state index in [9.17, 15) is 0 Å². The van der Waals surface area contributed by atoms with E-state index < -0.39 is 0 Å². The quantitative estimate of drug-likeness (QED) is 0.681. The second-order valence-electron chi connectivity index (χ2n) is 6.82.